The molecule has 216 valence electrons. The lowest BCUT2D eigenvalue weighted by Crippen LogP contribution is -2.64. The molecule has 0 fully saturated rings. The summed E-state index contributed by atoms with van der Waals surface area (Å²) in [5.74, 6) is -6.25. The Balaban J connectivity index is 6.00. The standard InChI is InChI=1S/C24H43N7O7/c1-6-11-12-13-14-15(32)29-18(23(37)30-16(19(33)25-7-2)20(34)26-8-3)24(38)31-17(21(35)27-9-4)22(36)28-10-5/h16-18H,6-14H2,1-5H3,(H,25,33)(H,26,34)(H,27,35)(H,28,36)(H,29,32)(H,30,37)(H,31,38). The molecule has 0 spiro atoms. The summed E-state index contributed by atoms with van der Waals surface area (Å²) in [5.41, 5.74) is 0. The van der Waals surface area contributed by atoms with E-state index < -0.39 is 59.5 Å². The highest BCUT2D eigenvalue weighted by atomic mass is 16.2. The average Bonchev–Trinajstić information content (AvgIpc) is 2.87. The van der Waals surface area contributed by atoms with Crippen molar-refractivity contribution in [1.82, 2.24) is 37.2 Å². The number of nitrogens with one attached hydrogen (secondary N) is 7. The fraction of sp³-hybridized carbons (Fsp3) is 0.708. The lowest BCUT2D eigenvalue weighted by molar-refractivity contribution is -0.143. The van der Waals surface area contributed by atoms with E-state index in [0.717, 1.165) is 19.3 Å². The molecule has 14 nitrogen and oxygen atoms in total. The van der Waals surface area contributed by atoms with Crippen molar-refractivity contribution in [2.45, 2.75) is 84.8 Å². The monoisotopic (exact) mass is 541 g/mol. The van der Waals surface area contributed by atoms with Crippen LogP contribution >= 0.6 is 0 Å². The smallest absolute Gasteiger partial charge is 0.253 e. The average molecular weight is 542 g/mol. The first kappa shape index (κ1) is 34.3. The molecule has 0 unspecified atom stereocenters. The molecule has 0 aromatic rings. The van der Waals surface area contributed by atoms with Crippen molar-refractivity contribution in [3.8, 4) is 0 Å². The number of hydrogen-bond donors (Lipinski definition) is 7. The summed E-state index contributed by atoms with van der Waals surface area (Å²) in [6.45, 7) is 9.16. The van der Waals surface area contributed by atoms with Crippen molar-refractivity contribution in [2.24, 2.45) is 0 Å². The van der Waals surface area contributed by atoms with Crippen LogP contribution < -0.4 is 37.2 Å². The van der Waals surface area contributed by atoms with Crippen LogP contribution in [0, 0.1) is 0 Å². The molecule has 38 heavy (non-hydrogen) atoms. The van der Waals surface area contributed by atoms with Crippen molar-refractivity contribution in [3.63, 3.8) is 0 Å². The van der Waals surface area contributed by atoms with E-state index in [-0.39, 0.29) is 32.6 Å². The fourth-order valence-corrected chi connectivity index (χ4v) is 3.25. The first-order valence-electron chi connectivity index (χ1n) is 13.1. The van der Waals surface area contributed by atoms with E-state index in [1.807, 2.05) is 6.92 Å². The largest absolute Gasteiger partial charge is 0.354 e. The molecule has 0 rings (SSSR count). The summed E-state index contributed by atoms with van der Waals surface area (Å²) in [4.78, 5) is 88.6. The quantitative estimate of drug-likeness (QED) is 0.0764. The number of hydrogen-bond acceptors (Lipinski definition) is 7. The van der Waals surface area contributed by atoms with E-state index >= 15 is 0 Å². The van der Waals surface area contributed by atoms with Gasteiger partial charge in [-0.2, -0.15) is 0 Å². The van der Waals surface area contributed by atoms with Crippen LogP contribution in [0.4, 0.5) is 0 Å². The predicted molar refractivity (Wildman–Crippen MR) is 139 cm³/mol. The van der Waals surface area contributed by atoms with Gasteiger partial charge in [-0.1, -0.05) is 26.2 Å². The maximum atomic E-state index is 13.1. The van der Waals surface area contributed by atoms with E-state index in [0.29, 0.717) is 6.42 Å². The van der Waals surface area contributed by atoms with Gasteiger partial charge in [-0.3, -0.25) is 33.6 Å². The van der Waals surface area contributed by atoms with E-state index in [1.165, 1.54) is 0 Å². The molecule has 0 aliphatic rings. The van der Waals surface area contributed by atoms with Crippen molar-refractivity contribution in [3.05, 3.63) is 0 Å². The first-order chi connectivity index (χ1) is 18.1. The van der Waals surface area contributed by atoms with Gasteiger partial charge in [0.15, 0.2) is 18.1 Å². The van der Waals surface area contributed by atoms with Gasteiger partial charge in [0, 0.05) is 32.6 Å². The summed E-state index contributed by atoms with van der Waals surface area (Å²) in [6, 6.07) is -5.32. The minimum atomic E-state index is -1.94. The molecule has 0 aliphatic carbocycles. The maximum absolute atomic E-state index is 13.1. The molecule has 0 atom stereocenters. The number of rotatable bonds is 18. The minimum absolute atomic E-state index is 0.0171. The third-order valence-corrected chi connectivity index (χ3v) is 5.11. The first-order valence-corrected chi connectivity index (χ1v) is 13.1. The third kappa shape index (κ3) is 12.5. The van der Waals surface area contributed by atoms with Gasteiger partial charge in [-0.05, 0) is 34.1 Å². The highest BCUT2D eigenvalue weighted by molar-refractivity contribution is 6.14. The molecular weight excluding hydrogens is 498 g/mol. The Bertz CT molecular complexity index is 745. The van der Waals surface area contributed by atoms with Gasteiger partial charge in [-0.25, -0.2) is 0 Å². The molecule has 0 bridgehead atoms. The van der Waals surface area contributed by atoms with Crippen LogP contribution in [0.25, 0.3) is 0 Å². The normalized spacial score (nSPS) is 10.5. The van der Waals surface area contributed by atoms with Crippen LogP contribution in [0.2, 0.25) is 0 Å². The van der Waals surface area contributed by atoms with Crippen molar-refractivity contribution >= 4 is 41.4 Å². The Morgan fingerprint density at radius 3 is 1.11 bits per heavy atom. The predicted octanol–water partition coefficient (Wildman–Crippen LogP) is -2.04. The summed E-state index contributed by atoms with van der Waals surface area (Å²) in [6.07, 6.45) is 3.13. The van der Waals surface area contributed by atoms with Crippen molar-refractivity contribution in [2.75, 3.05) is 26.2 Å². The van der Waals surface area contributed by atoms with Gasteiger partial charge < -0.3 is 37.2 Å². The second-order valence-electron chi connectivity index (χ2n) is 8.27. The molecule has 0 heterocycles. The molecular formula is C24H43N7O7. The zero-order valence-corrected chi connectivity index (χ0v) is 23.0. The van der Waals surface area contributed by atoms with E-state index in [1.54, 1.807) is 27.7 Å². The van der Waals surface area contributed by atoms with Gasteiger partial charge in [-0.15, -0.1) is 0 Å². The van der Waals surface area contributed by atoms with Gasteiger partial charge in [0.2, 0.25) is 5.91 Å². The Morgan fingerprint density at radius 1 is 0.447 bits per heavy atom. The lowest BCUT2D eigenvalue weighted by Gasteiger charge is -2.24. The molecule has 14 heteroatoms. The molecule has 0 aromatic heterocycles. The summed E-state index contributed by atoms with van der Waals surface area (Å²) < 4.78 is 0. The number of carbonyl (C=O) groups is 7. The maximum Gasteiger partial charge on any atom is 0.253 e. The SMILES string of the molecule is CCCCCCC(=O)NC(C(=O)NC(C(=O)NCC)C(=O)NCC)C(=O)NC(C(=O)NCC)C(=O)NCC. The van der Waals surface area contributed by atoms with Gasteiger partial charge in [0.25, 0.3) is 35.4 Å². The van der Waals surface area contributed by atoms with Crippen LogP contribution in [0.3, 0.4) is 0 Å². The van der Waals surface area contributed by atoms with Gasteiger partial charge in [0.1, 0.15) is 0 Å². The van der Waals surface area contributed by atoms with Gasteiger partial charge in [0.05, 0.1) is 0 Å². The Kier molecular flexibility index (Phi) is 17.5. The van der Waals surface area contributed by atoms with Crippen LogP contribution in [-0.2, 0) is 33.6 Å². The van der Waals surface area contributed by atoms with E-state index in [9.17, 15) is 33.6 Å². The fourth-order valence-electron chi connectivity index (χ4n) is 3.25. The number of amides is 7. The van der Waals surface area contributed by atoms with Crippen LogP contribution in [0.1, 0.15) is 66.7 Å². The molecule has 0 aromatic carbocycles. The topological polar surface area (TPSA) is 204 Å². The highest BCUT2D eigenvalue weighted by Crippen LogP contribution is 2.03. The molecule has 0 saturated heterocycles. The number of likely N-dealkylation sites (N-methyl/N-ethyl adjacent to an activating group) is 4. The molecule has 0 radical (unpaired) electrons. The number of carbonyl (C=O) groups excluding carboxylic acids is 7. The van der Waals surface area contributed by atoms with Crippen LogP contribution in [0.15, 0.2) is 0 Å². The van der Waals surface area contributed by atoms with Crippen molar-refractivity contribution in [1.29, 1.82) is 0 Å². The Hall–Kier alpha value is -3.71. The molecule has 0 aliphatic heterocycles. The van der Waals surface area contributed by atoms with Crippen LogP contribution in [0.5, 0.6) is 0 Å². The molecule has 7 N–H and O–H groups in total. The van der Waals surface area contributed by atoms with Crippen LogP contribution in [-0.4, -0.2) is 85.7 Å². The Labute approximate surface area is 223 Å². The van der Waals surface area contributed by atoms with Crippen molar-refractivity contribution < 1.29 is 33.6 Å². The van der Waals surface area contributed by atoms with E-state index in [2.05, 4.69) is 37.2 Å². The summed E-state index contributed by atoms with van der Waals surface area (Å²) >= 11 is 0. The summed E-state index contributed by atoms with van der Waals surface area (Å²) in [7, 11) is 0. The molecule has 0 saturated carbocycles. The zero-order chi connectivity index (χ0) is 29.1. The third-order valence-electron chi connectivity index (χ3n) is 5.11. The zero-order valence-electron chi connectivity index (χ0n) is 23.0. The highest BCUT2D eigenvalue weighted by Gasteiger charge is 2.37. The van der Waals surface area contributed by atoms with Gasteiger partial charge >= 0.3 is 0 Å². The summed E-state index contributed by atoms with van der Waals surface area (Å²) in [5, 5.41) is 16.4. The lowest BCUT2D eigenvalue weighted by atomic mass is 10.1. The number of unbranched alkanes of at least 4 members (excludes halogenated alkanes) is 3. The second-order valence-corrected chi connectivity index (χ2v) is 8.27. The van der Waals surface area contributed by atoms with E-state index in [4.69, 9.17) is 0 Å². The molecule has 7 amide bonds. The minimum Gasteiger partial charge on any atom is -0.354 e. The second kappa shape index (κ2) is 19.4. The Morgan fingerprint density at radius 2 is 0.789 bits per heavy atom.